The molecule has 132 valence electrons. The monoisotopic (exact) mass is 360 g/mol. The van der Waals surface area contributed by atoms with Crippen molar-refractivity contribution >= 4 is 23.2 Å². The number of quaternary nitrogens is 1. The molecular formula is C19H23ClN3O2+. The number of para-hydroxylation sites is 2. The van der Waals surface area contributed by atoms with E-state index in [0.29, 0.717) is 23.9 Å². The fraction of sp³-hybridized carbons (Fsp3) is 0.316. The number of nitrogens with zero attached hydrogens (tertiary/aromatic N) is 1. The average Bonchev–Trinajstić information content (AvgIpc) is 2.62. The van der Waals surface area contributed by atoms with Crippen molar-refractivity contribution < 1.29 is 14.8 Å². The number of benzene rings is 2. The third-order valence-electron chi connectivity index (χ3n) is 4.51. The molecule has 1 fully saturated rings. The van der Waals surface area contributed by atoms with Crippen LogP contribution in [0.4, 0.5) is 5.69 Å². The zero-order valence-electron chi connectivity index (χ0n) is 14.0. The van der Waals surface area contributed by atoms with Crippen LogP contribution < -0.4 is 15.1 Å². The summed E-state index contributed by atoms with van der Waals surface area (Å²) in [6.07, 6.45) is 0. The van der Waals surface area contributed by atoms with Crippen LogP contribution in [0.15, 0.2) is 48.5 Å². The van der Waals surface area contributed by atoms with Gasteiger partial charge in [-0.05, 0) is 29.8 Å². The predicted molar refractivity (Wildman–Crippen MR) is 99.2 cm³/mol. The summed E-state index contributed by atoms with van der Waals surface area (Å²) >= 11 is 5.86. The lowest BCUT2D eigenvalue weighted by Crippen LogP contribution is -3.15. The Morgan fingerprint density at radius 1 is 1.12 bits per heavy atom. The molecule has 0 aliphatic carbocycles. The Bertz CT molecular complexity index is 713. The van der Waals surface area contributed by atoms with E-state index in [1.165, 1.54) is 4.90 Å². The summed E-state index contributed by atoms with van der Waals surface area (Å²) in [5.74, 6) is 0.368. The van der Waals surface area contributed by atoms with Crippen molar-refractivity contribution in [2.75, 3.05) is 37.6 Å². The topological polar surface area (TPSA) is 57.0 Å². The van der Waals surface area contributed by atoms with Crippen LogP contribution in [0.1, 0.15) is 5.56 Å². The highest BCUT2D eigenvalue weighted by molar-refractivity contribution is 6.30. The minimum atomic E-state index is 0.0564. The molecule has 2 aromatic rings. The van der Waals surface area contributed by atoms with Gasteiger partial charge in [-0.25, -0.2) is 0 Å². The van der Waals surface area contributed by atoms with Gasteiger partial charge in [0.1, 0.15) is 5.75 Å². The molecule has 0 saturated carbocycles. The van der Waals surface area contributed by atoms with Crippen molar-refractivity contribution in [3.05, 3.63) is 59.1 Å². The first-order chi connectivity index (χ1) is 12.1. The quantitative estimate of drug-likeness (QED) is 0.747. The molecule has 5 nitrogen and oxygen atoms in total. The lowest BCUT2D eigenvalue weighted by molar-refractivity contribution is -0.892. The van der Waals surface area contributed by atoms with Crippen LogP contribution in [0.5, 0.6) is 5.75 Å². The van der Waals surface area contributed by atoms with Crippen molar-refractivity contribution in [3.8, 4) is 5.75 Å². The fourth-order valence-electron chi connectivity index (χ4n) is 3.06. The number of nitrogens with one attached hydrogen (secondary N) is 2. The summed E-state index contributed by atoms with van der Waals surface area (Å²) in [6.45, 7) is 4.41. The van der Waals surface area contributed by atoms with Gasteiger partial charge < -0.3 is 20.2 Å². The maximum Gasteiger partial charge on any atom is 0.275 e. The smallest absolute Gasteiger partial charge is 0.275 e. The Hall–Kier alpha value is -2.24. The van der Waals surface area contributed by atoms with E-state index >= 15 is 0 Å². The molecule has 1 amide bonds. The van der Waals surface area contributed by atoms with E-state index in [1.54, 1.807) is 6.07 Å². The minimum Gasteiger partial charge on any atom is -0.506 e. The lowest BCUT2D eigenvalue weighted by atomic mass is 10.2. The highest BCUT2D eigenvalue weighted by Crippen LogP contribution is 2.25. The van der Waals surface area contributed by atoms with Gasteiger partial charge >= 0.3 is 0 Å². The molecule has 3 rings (SSSR count). The summed E-state index contributed by atoms with van der Waals surface area (Å²) in [7, 11) is 0. The maximum atomic E-state index is 12.1. The largest absolute Gasteiger partial charge is 0.506 e. The van der Waals surface area contributed by atoms with E-state index < -0.39 is 0 Å². The molecule has 2 aromatic carbocycles. The highest BCUT2D eigenvalue weighted by atomic mass is 35.5. The Morgan fingerprint density at radius 2 is 1.80 bits per heavy atom. The normalized spacial score (nSPS) is 15.2. The Kier molecular flexibility index (Phi) is 5.79. The summed E-state index contributed by atoms with van der Waals surface area (Å²) in [5, 5.41) is 13.6. The molecule has 6 heteroatoms. The van der Waals surface area contributed by atoms with Gasteiger partial charge in [0.15, 0.2) is 6.54 Å². The minimum absolute atomic E-state index is 0.0564. The molecule has 0 spiro atoms. The van der Waals surface area contributed by atoms with Gasteiger partial charge in [0, 0.05) is 11.6 Å². The van der Waals surface area contributed by atoms with E-state index in [4.69, 9.17) is 11.6 Å². The molecule has 1 saturated heterocycles. The first kappa shape index (κ1) is 17.6. The van der Waals surface area contributed by atoms with E-state index in [-0.39, 0.29) is 5.91 Å². The second kappa shape index (κ2) is 8.23. The maximum absolute atomic E-state index is 12.1. The second-order valence-corrected chi connectivity index (χ2v) is 6.74. The number of phenols is 1. The van der Waals surface area contributed by atoms with Gasteiger partial charge in [0.05, 0.1) is 31.9 Å². The van der Waals surface area contributed by atoms with Gasteiger partial charge in [-0.1, -0.05) is 35.9 Å². The first-order valence-electron chi connectivity index (χ1n) is 8.49. The Morgan fingerprint density at radius 3 is 2.48 bits per heavy atom. The number of anilines is 1. The van der Waals surface area contributed by atoms with E-state index in [0.717, 1.165) is 37.4 Å². The van der Waals surface area contributed by atoms with E-state index in [1.807, 2.05) is 42.5 Å². The number of piperazine rings is 1. The van der Waals surface area contributed by atoms with E-state index in [9.17, 15) is 9.90 Å². The third-order valence-corrected chi connectivity index (χ3v) is 4.76. The van der Waals surface area contributed by atoms with Crippen LogP contribution in [0, 0.1) is 0 Å². The molecule has 0 atom stereocenters. The SMILES string of the molecule is O=C(C[NH+]1CCN(c2ccccc2O)CC1)NCc1ccc(Cl)cc1. The molecule has 0 aromatic heterocycles. The standard InChI is InChI=1S/C19H22ClN3O2/c20-16-7-5-15(6-8-16)13-21-19(25)14-22-9-11-23(12-10-22)17-3-1-2-4-18(17)24/h1-8,24H,9-14H2,(H,21,25)/p+1. The van der Waals surface area contributed by atoms with Crippen molar-refractivity contribution in [3.63, 3.8) is 0 Å². The molecule has 1 aliphatic heterocycles. The van der Waals surface area contributed by atoms with Crippen molar-refractivity contribution in [1.82, 2.24) is 5.32 Å². The van der Waals surface area contributed by atoms with Crippen LogP contribution in [-0.4, -0.2) is 43.7 Å². The number of phenolic OH excluding ortho intramolecular Hbond substituents is 1. The summed E-state index contributed by atoms with van der Waals surface area (Å²) < 4.78 is 0. The number of rotatable bonds is 5. The number of halogens is 1. The molecule has 3 N–H and O–H groups in total. The van der Waals surface area contributed by atoms with Crippen LogP contribution in [0.2, 0.25) is 5.02 Å². The lowest BCUT2D eigenvalue weighted by Gasteiger charge is -2.33. The number of carbonyl (C=O) groups is 1. The van der Waals surface area contributed by atoms with E-state index in [2.05, 4.69) is 10.2 Å². The predicted octanol–water partition coefficient (Wildman–Crippen LogP) is 1.07. The fourth-order valence-corrected chi connectivity index (χ4v) is 3.19. The number of aromatic hydroxyl groups is 1. The molecule has 25 heavy (non-hydrogen) atoms. The first-order valence-corrected chi connectivity index (χ1v) is 8.87. The summed E-state index contributed by atoms with van der Waals surface area (Å²) in [6, 6.07) is 14.9. The van der Waals surface area contributed by atoms with Crippen LogP contribution in [0.3, 0.4) is 0 Å². The molecular weight excluding hydrogens is 338 g/mol. The molecule has 0 radical (unpaired) electrons. The second-order valence-electron chi connectivity index (χ2n) is 6.31. The molecule has 1 aliphatic rings. The van der Waals surface area contributed by atoms with Crippen molar-refractivity contribution in [1.29, 1.82) is 0 Å². The zero-order chi connectivity index (χ0) is 17.6. The van der Waals surface area contributed by atoms with Crippen LogP contribution >= 0.6 is 11.6 Å². The van der Waals surface area contributed by atoms with Crippen molar-refractivity contribution in [2.45, 2.75) is 6.54 Å². The van der Waals surface area contributed by atoms with Gasteiger partial charge in [-0.15, -0.1) is 0 Å². The van der Waals surface area contributed by atoms with Gasteiger partial charge in [0.25, 0.3) is 5.91 Å². The van der Waals surface area contributed by atoms with Gasteiger partial charge in [-0.2, -0.15) is 0 Å². The number of amides is 1. The Balaban J connectivity index is 1.43. The average molecular weight is 361 g/mol. The zero-order valence-corrected chi connectivity index (χ0v) is 14.8. The number of carbonyl (C=O) groups excluding carboxylic acids is 1. The van der Waals surface area contributed by atoms with Gasteiger partial charge in [-0.3, -0.25) is 4.79 Å². The number of hydrogen-bond acceptors (Lipinski definition) is 3. The number of hydrogen-bond donors (Lipinski definition) is 3. The summed E-state index contributed by atoms with van der Waals surface area (Å²) in [5.41, 5.74) is 1.91. The highest BCUT2D eigenvalue weighted by Gasteiger charge is 2.23. The third kappa shape index (κ3) is 4.87. The van der Waals surface area contributed by atoms with Crippen molar-refractivity contribution in [2.24, 2.45) is 0 Å². The molecule has 0 unspecified atom stereocenters. The molecule has 0 bridgehead atoms. The summed E-state index contributed by atoms with van der Waals surface area (Å²) in [4.78, 5) is 15.6. The Labute approximate surface area is 152 Å². The molecule has 1 heterocycles. The van der Waals surface area contributed by atoms with Crippen LogP contribution in [0.25, 0.3) is 0 Å². The van der Waals surface area contributed by atoms with Gasteiger partial charge in [0.2, 0.25) is 0 Å². The van der Waals surface area contributed by atoms with Crippen LogP contribution in [-0.2, 0) is 11.3 Å².